The van der Waals surface area contributed by atoms with Gasteiger partial charge in [-0.2, -0.15) is 0 Å². The molecule has 1 aliphatic carbocycles. The Morgan fingerprint density at radius 2 is 1.19 bits per heavy atom. The standard InChI is InChI=1S/C18H19F2P/c19-18(20)13-11-17(12-14-18)21(15-7-3-1-4-8-15)16-9-5-2-6-10-16/h1-10,17H,11-14H2. The van der Waals surface area contributed by atoms with Gasteiger partial charge in [-0.25, -0.2) is 8.78 Å². The van der Waals surface area contributed by atoms with Gasteiger partial charge in [0.25, 0.3) is 0 Å². The second-order valence-corrected chi connectivity index (χ2v) is 8.13. The normalized spacial score (nSPS) is 18.8. The van der Waals surface area contributed by atoms with Crippen LogP contribution >= 0.6 is 7.92 Å². The molecule has 0 spiro atoms. The fraction of sp³-hybridized carbons (Fsp3) is 0.333. The SMILES string of the molecule is FC1(F)CCC(P(c2ccccc2)c2ccccc2)CC1. The van der Waals surface area contributed by atoms with Crippen LogP contribution in [0.5, 0.6) is 0 Å². The Hall–Kier alpha value is -1.27. The molecule has 0 heterocycles. The third kappa shape index (κ3) is 3.49. The van der Waals surface area contributed by atoms with Gasteiger partial charge in [0, 0.05) is 12.8 Å². The highest BCUT2D eigenvalue weighted by Gasteiger charge is 2.38. The molecular weight excluding hydrogens is 285 g/mol. The van der Waals surface area contributed by atoms with E-state index >= 15 is 0 Å². The first kappa shape index (κ1) is 14.7. The van der Waals surface area contributed by atoms with E-state index in [2.05, 4.69) is 24.3 Å². The lowest BCUT2D eigenvalue weighted by molar-refractivity contribution is -0.0326. The summed E-state index contributed by atoms with van der Waals surface area (Å²) in [5.74, 6) is -2.45. The topological polar surface area (TPSA) is 0 Å². The molecule has 1 fully saturated rings. The number of hydrogen-bond donors (Lipinski definition) is 0. The van der Waals surface area contributed by atoms with Crippen LogP contribution in [0.2, 0.25) is 0 Å². The first-order valence-electron chi connectivity index (χ1n) is 7.43. The molecule has 110 valence electrons. The minimum Gasteiger partial charge on any atom is -0.207 e. The molecule has 1 saturated carbocycles. The predicted molar refractivity (Wildman–Crippen MR) is 86.3 cm³/mol. The molecule has 0 unspecified atom stereocenters. The van der Waals surface area contributed by atoms with E-state index in [1.807, 2.05) is 36.4 Å². The molecule has 1 aliphatic rings. The molecule has 0 N–H and O–H groups in total. The van der Waals surface area contributed by atoms with Gasteiger partial charge in [-0.05, 0) is 37.0 Å². The Bertz CT molecular complexity index is 519. The summed E-state index contributed by atoms with van der Waals surface area (Å²) >= 11 is 0. The van der Waals surface area contributed by atoms with Gasteiger partial charge < -0.3 is 0 Å². The lowest BCUT2D eigenvalue weighted by Crippen LogP contribution is -2.31. The summed E-state index contributed by atoms with van der Waals surface area (Å²) in [5, 5.41) is 2.60. The monoisotopic (exact) mass is 304 g/mol. The van der Waals surface area contributed by atoms with Gasteiger partial charge in [0.1, 0.15) is 0 Å². The molecule has 0 aromatic heterocycles. The smallest absolute Gasteiger partial charge is 0.207 e. The predicted octanol–water partition coefficient (Wildman–Crippen LogP) is 4.70. The van der Waals surface area contributed by atoms with Gasteiger partial charge in [-0.1, -0.05) is 60.7 Å². The highest BCUT2D eigenvalue weighted by molar-refractivity contribution is 7.73. The van der Waals surface area contributed by atoms with E-state index in [-0.39, 0.29) is 12.8 Å². The van der Waals surface area contributed by atoms with Crippen molar-refractivity contribution in [2.24, 2.45) is 0 Å². The van der Waals surface area contributed by atoms with E-state index in [0.717, 1.165) is 0 Å². The molecular formula is C18H19F2P. The summed E-state index contributed by atoms with van der Waals surface area (Å²) in [6.07, 6.45) is 1.33. The molecule has 21 heavy (non-hydrogen) atoms. The maximum absolute atomic E-state index is 13.5. The Labute approximate surface area is 126 Å². The highest BCUT2D eigenvalue weighted by Crippen LogP contribution is 2.49. The zero-order chi connectivity index (χ0) is 14.7. The van der Waals surface area contributed by atoms with Gasteiger partial charge in [0.15, 0.2) is 0 Å². The van der Waals surface area contributed by atoms with Crippen molar-refractivity contribution in [3.63, 3.8) is 0 Å². The van der Waals surface area contributed by atoms with Crippen molar-refractivity contribution in [2.75, 3.05) is 0 Å². The van der Waals surface area contributed by atoms with Crippen LogP contribution in [0.3, 0.4) is 0 Å². The third-order valence-corrected chi connectivity index (χ3v) is 7.08. The number of rotatable bonds is 3. The summed E-state index contributed by atoms with van der Waals surface area (Å²) in [5.41, 5.74) is 0.365. The van der Waals surface area contributed by atoms with Gasteiger partial charge in [-0.15, -0.1) is 0 Å². The largest absolute Gasteiger partial charge is 0.248 e. The van der Waals surface area contributed by atoms with E-state index in [0.29, 0.717) is 18.5 Å². The van der Waals surface area contributed by atoms with Crippen LogP contribution in [-0.4, -0.2) is 11.6 Å². The molecule has 0 bridgehead atoms. The van der Waals surface area contributed by atoms with Gasteiger partial charge in [0.05, 0.1) is 0 Å². The Balaban J connectivity index is 1.91. The Morgan fingerprint density at radius 3 is 1.62 bits per heavy atom. The zero-order valence-electron chi connectivity index (χ0n) is 11.9. The van der Waals surface area contributed by atoms with E-state index < -0.39 is 13.8 Å². The molecule has 2 aromatic rings. The van der Waals surface area contributed by atoms with Crippen molar-refractivity contribution in [2.45, 2.75) is 37.3 Å². The maximum Gasteiger partial charge on any atom is 0.248 e. The van der Waals surface area contributed by atoms with Crippen LogP contribution in [0.4, 0.5) is 8.78 Å². The van der Waals surface area contributed by atoms with Crippen molar-refractivity contribution in [1.29, 1.82) is 0 Å². The van der Waals surface area contributed by atoms with Gasteiger partial charge in [-0.3, -0.25) is 0 Å². The Morgan fingerprint density at radius 1 is 0.762 bits per heavy atom. The minimum absolute atomic E-state index is 0.0379. The fourth-order valence-electron chi connectivity index (χ4n) is 3.03. The molecule has 0 amide bonds. The number of benzene rings is 2. The second-order valence-electron chi connectivity index (χ2n) is 5.63. The number of alkyl halides is 2. The summed E-state index contributed by atoms with van der Waals surface area (Å²) in [6.45, 7) is 0. The minimum atomic E-state index is -2.45. The molecule has 0 nitrogen and oxygen atoms in total. The van der Waals surface area contributed by atoms with E-state index in [9.17, 15) is 8.78 Å². The average Bonchev–Trinajstić information content (AvgIpc) is 2.51. The fourth-order valence-corrected chi connectivity index (χ4v) is 5.93. The van der Waals surface area contributed by atoms with Gasteiger partial charge in [0.2, 0.25) is 5.92 Å². The van der Waals surface area contributed by atoms with Gasteiger partial charge >= 0.3 is 0 Å². The third-order valence-electron chi connectivity index (χ3n) is 4.12. The first-order valence-corrected chi connectivity index (χ1v) is 8.84. The second kappa shape index (κ2) is 6.23. The van der Waals surface area contributed by atoms with E-state index in [1.54, 1.807) is 0 Å². The Kier molecular flexibility index (Phi) is 4.35. The zero-order valence-corrected chi connectivity index (χ0v) is 12.8. The maximum atomic E-state index is 13.5. The summed E-state index contributed by atoms with van der Waals surface area (Å²) in [7, 11) is -0.544. The number of halogens is 2. The summed E-state index contributed by atoms with van der Waals surface area (Å²) in [4.78, 5) is 0. The molecule has 3 rings (SSSR count). The number of hydrogen-bond acceptors (Lipinski definition) is 0. The van der Waals surface area contributed by atoms with Crippen LogP contribution in [0.25, 0.3) is 0 Å². The van der Waals surface area contributed by atoms with Crippen LogP contribution in [0.15, 0.2) is 60.7 Å². The molecule has 0 saturated heterocycles. The lowest BCUT2D eigenvalue weighted by atomic mass is 9.96. The quantitative estimate of drug-likeness (QED) is 0.721. The van der Waals surface area contributed by atoms with Crippen molar-refractivity contribution in [3.05, 3.63) is 60.7 Å². The van der Waals surface area contributed by atoms with E-state index in [4.69, 9.17) is 0 Å². The van der Waals surface area contributed by atoms with Crippen molar-refractivity contribution in [3.8, 4) is 0 Å². The molecule has 3 heteroatoms. The summed E-state index contributed by atoms with van der Waals surface area (Å²) in [6, 6.07) is 20.8. The van der Waals surface area contributed by atoms with Crippen LogP contribution < -0.4 is 10.6 Å². The van der Waals surface area contributed by atoms with Crippen molar-refractivity contribution in [1.82, 2.24) is 0 Å². The molecule has 2 aromatic carbocycles. The molecule has 0 aliphatic heterocycles. The van der Waals surface area contributed by atoms with Crippen molar-refractivity contribution < 1.29 is 8.78 Å². The highest BCUT2D eigenvalue weighted by atomic mass is 31.1. The van der Waals surface area contributed by atoms with Crippen LogP contribution in [0, 0.1) is 0 Å². The molecule has 0 atom stereocenters. The first-order chi connectivity index (χ1) is 10.2. The van der Waals surface area contributed by atoms with Crippen LogP contribution in [0.1, 0.15) is 25.7 Å². The lowest BCUT2D eigenvalue weighted by Gasteiger charge is -2.34. The van der Waals surface area contributed by atoms with Crippen molar-refractivity contribution >= 4 is 18.5 Å². The average molecular weight is 304 g/mol. The van der Waals surface area contributed by atoms with E-state index in [1.165, 1.54) is 10.6 Å². The molecule has 0 radical (unpaired) electrons. The summed E-state index contributed by atoms with van der Waals surface area (Å²) < 4.78 is 26.9. The van der Waals surface area contributed by atoms with Crippen LogP contribution in [-0.2, 0) is 0 Å².